The number of aliphatic carboxylic acids is 1. The van der Waals surface area contributed by atoms with Crippen molar-refractivity contribution in [3.63, 3.8) is 0 Å². The second-order valence-electron chi connectivity index (χ2n) is 6.55. The Morgan fingerprint density at radius 2 is 1.92 bits per heavy atom. The molecule has 2 fully saturated rings. The monoisotopic (exact) mass is 346 g/mol. The molecule has 2 amide bonds. The van der Waals surface area contributed by atoms with Gasteiger partial charge in [-0.3, -0.25) is 14.4 Å². The van der Waals surface area contributed by atoms with Crippen molar-refractivity contribution in [1.29, 1.82) is 0 Å². The van der Waals surface area contributed by atoms with Gasteiger partial charge in [-0.25, -0.2) is 0 Å². The van der Waals surface area contributed by atoms with E-state index in [0.29, 0.717) is 36.7 Å². The molecule has 1 aromatic rings. The summed E-state index contributed by atoms with van der Waals surface area (Å²) in [5.74, 6) is -0.855. The zero-order chi connectivity index (χ0) is 17.6. The van der Waals surface area contributed by atoms with Gasteiger partial charge < -0.3 is 24.4 Å². The van der Waals surface area contributed by atoms with Crippen molar-refractivity contribution < 1.29 is 29.0 Å². The lowest BCUT2D eigenvalue weighted by atomic mass is 10.1. The highest BCUT2D eigenvalue weighted by Gasteiger charge is 2.40. The lowest BCUT2D eigenvalue weighted by Gasteiger charge is -2.21. The normalized spacial score (nSPS) is 24.9. The number of carboxylic acids is 1. The first-order chi connectivity index (χ1) is 12.0. The Morgan fingerprint density at radius 1 is 1.12 bits per heavy atom. The van der Waals surface area contributed by atoms with E-state index >= 15 is 0 Å². The van der Waals surface area contributed by atoms with Gasteiger partial charge in [-0.05, 0) is 18.6 Å². The number of nitrogens with zero attached hydrogens (tertiary/aromatic N) is 2. The molecule has 4 rings (SSSR count). The molecule has 0 radical (unpaired) electrons. The number of fused-ring (bicyclic) bond motifs is 1. The molecular weight excluding hydrogens is 328 g/mol. The number of rotatable bonds is 3. The topological polar surface area (TPSA) is 96.4 Å². The maximum absolute atomic E-state index is 12.6. The van der Waals surface area contributed by atoms with Gasteiger partial charge in [0, 0.05) is 37.8 Å². The summed E-state index contributed by atoms with van der Waals surface area (Å²) >= 11 is 0. The highest BCUT2D eigenvalue weighted by atomic mass is 16.7. The number of hydrogen-bond acceptors (Lipinski definition) is 5. The standard InChI is InChI=1S/C17H18N2O6/c20-15-5-11(16(21)18-4-3-10(7-18)17(22)23)8-19(15)12-1-2-13-14(6-12)25-9-24-13/h1-2,6,10-11H,3-5,7-9H2,(H,22,23)/t10-,11-/m0/s1. The summed E-state index contributed by atoms with van der Waals surface area (Å²) in [7, 11) is 0. The summed E-state index contributed by atoms with van der Waals surface area (Å²) in [4.78, 5) is 39.2. The zero-order valence-electron chi connectivity index (χ0n) is 13.5. The Bertz CT molecular complexity index is 749. The minimum Gasteiger partial charge on any atom is -0.481 e. The molecule has 0 saturated carbocycles. The molecule has 3 heterocycles. The molecule has 1 N–H and O–H groups in total. The van der Waals surface area contributed by atoms with Crippen molar-refractivity contribution in [3.05, 3.63) is 18.2 Å². The number of ether oxygens (including phenoxy) is 2. The average molecular weight is 346 g/mol. The molecule has 3 aliphatic rings. The third-order valence-electron chi connectivity index (χ3n) is 4.99. The van der Waals surface area contributed by atoms with Crippen molar-refractivity contribution in [2.75, 3.05) is 31.3 Å². The Labute approximate surface area is 143 Å². The minimum absolute atomic E-state index is 0.119. The highest BCUT2D eigenvalue weighted by Crippen LogP contribution is 2.37. The highest BCUT2D eigenvalue weighted by molar-refractivity contribution is 6.00. The van der Waals surface area contributed by atoms with Crippen LogP contribution in [-0.2, 0) is 14.4 Å². The number of amides is 2. The predicted molar refractivity (Wildman–Crippen MR) is 85.3 cm³/mol. The molecule has 0 aliphatic carbocycles. The zero-order valence-corrected chi connectivity index (χ0v) is 13.5. The summed E-state index contributed by atoms with van der Waals surface area (Å²) in [5, 5.41) is 9.07. The van der Waals surface area contributed by atoms with Crippen LogP contribution in [0.2, 0.25) is 0 Å². The van der Waals surface area contributed by atoms with Gasteiger partial charge in [0.15, 0.2) is 11.5 Å². The fourth-order valence-corrected chi connectivity index (χ4v) is 3.60. The van der Waals surface area contributed by atoms with Crippen LogP contribution in [0.5, 0.6) is 11.5 Å². The SMILES string of the molecule is O=C(O)[C@H]1CCN(C(=O)[C@H]2CC(=O)N(c3ccc4c(c3)OCO4)C2)C1. The number of carbonyl (C=O) groups excluding carboxylic acids is 2. The molecule has 3 aliphatic heterocycles. The first-order valence-corrected chi connectivity index (χ1v) is 8.24. The van der Waals surface area contributed by atoms with Crippen LogP contribution in [0.1, 0.15) is 12.8 Å². The van der Waals surface area contributed by atoms with Crippen LogP contribution >= 0.6 is 0 Å². The van der Waals surface area contributed by atoms with Crippen LogP contribution < -0.4 is 14.4 Å². The van der Waals surface area contributed by atoms with Crippen molar-refractivity contribution in [2.45, 2.75) is 12.8 Å². The molecule has 0 aromatic heterocycles. The predicted octanol–water partition coefficient (Wildman–Crippen LogP) is 0.701. The van der Waals surface area contributed by atoms with Gasteiger partial charge in [-0.15, -0.1) is 0 Å². The van der Waals surface area contributed by atoms with Crippen LogP contribution in [0.4, 0.5) is 5.69 Å². The molecule has 8 nitrogen and oxygen atoms in total. The van der Waals surface area contributed by atoms with Gasteiger partial charge in [-0.1, -0.05) is 0 Å². The van der Waals surface area contributed by atoms with Gasteiger partial charge in [0.2, 0.25) is 18.6 Å². The number of carboxylic acid groups (broad SMARTS) is 1. The van der Waals surface area contributed by atoms with Gasteiger partial charge in [0.25, 0.3) is 0 Å². The molecule has 2 atom stereocenters. The van der Waals surface area contributed by atoms with E-state index in [1.807, 2.05) is 0 Å². The average Bonchev–Trinajstić information content (AvgIpc) is 3.32. The van der Waals surface area contributed by atoms with Crippen LogP contribution in [0.15, 0.2) is 18.2 Å². The summed E-state index contributed by atoms with van der Waals surface area (Å²) in [6.07, 6.45) is 0.606. The number of anilines is 1. The molecular formula is C17H18N2O6. The molecule has 0 bridgehead atoms. The second-order valence-corrected chi connectivity index (χ2v) is 6.55. The number of carbonyl (C=O) groups is 3. The van der Waals surface area contributed by atoms with E-state index in [4.69, 9.17) is 14.6 Å². The Balaban J connectivity index is 1.45. The molecule has 0 spiro atoms. The summed E-state index contributed by atoms with van der Waals surface area (Å²) in [6.45, 7) is 1.12. The third-order valence-corrected chi connectivity index (χ3v) is 4.99. The first kappa shape index (κ1) is 15.7. The quantitative estimate of drug-likeness (QED) is 0.865. The van der Waals surface area contributed by atoms with Gasteiger partial charge in [0.05, 0.1) is 11.8 Å². The number of hydrogen-bond donors (Lipinski definition) is 1. The van der Waals surface area contributed by atoms with E-state index in [0.717, 1.165) is 0 Å². The third kappa shape index (κ3) is 2.77. The fourth-order valence-electron chi connectivity index (χ4n) is 3.60. The first-order valence-electron chi connectivity index (χ1n) is 8.24. The van der Waals surface area contributed by atoms with Crippen LogP contribution in [-0.4, -0.2) is 54.2 Å². The van der Waals surface area contributed by atoms with Gasteiger partial charge in [-0.2, -0.15) is 0 Å². The van der Waals surface area contributed by atoms with E-state index in [1.165, 1.54) is 0 Å². The number of likely N-dealkylation sites (tertiary alicyclic amines) is 1. The molecule has 2 saturated heterocycles. The van der Waals surface area contributed by atoms with Gasteiger partial charge in [0.1, 0.15) is 0 Å². The van der Waals surface area contributed by atoms with Crippen molar-refractivity contribution in [2.24, 2.45) is 11.8 Å². The maximum Gasteiger partial charge on any atom is 0.308 e. The molecule has 1 aromatic carbocycles. The van der Waals surface area contributed by atoms with Crippen LogP contribution in [0.25, 0.3) is 0 Å². The molecule has 25 heavy (non-hydrogen) atoms. The molecule has 132 valence electrons. The Hall–Kier alpha value is -2.77. The maximum atomic E-state index is 12.6. The smallest absolute Gasteiger partial charge is 0.308 e. The number of benzene rings is 1. The molecule has 0 unspecified atom stereocenters. The van der Waals surface area contributed by atoms with Crippen molar-refractivity contribution in [3.8, 4) is 11.5 Å². The lowest BCUT2D eigenvalue weighted by Crippen LogP contribution is -2.36. The minimum atomic E-state index is -0.875. The van der Waals surface area contributed by atoms with E-state index < -0.39 is 17.8 Å². The lowest BCUT2D eigenvalue weighted by molar-refractivity contribution is -0.141. The summed E-state index contributed by atoms with van der Waals surface area (Å²) in [6, 6.07) is 5.26. The van der Waals surface area contributed by atoms with Crippen LogP contribution in [0, 0.1) is 11.8 Å². The van der Waals surface area contributed by atoms with E-state index in [2.05, 4.69) is 0 Å². The van der Waals surface area contributed by atoms with Crippen molar-refractivity contribution in [1.82, 2.24) is 4.90 Å². The second kappa shape index (κ2) is 5.94. The summed E-state index contributed by atoms with van der Waals surface area (Å²) < 4.78 is 10.6. The van der Waals surface area contributed by atoms with Gasteiger partial charge >= 0.3 is 5.97 Å². The summed E-state index contributed by atoms with van der Waals surface area (Å²) in [5.41, 5.74) is 0.675. The van der Waals surface area contributed by atoms with Crippen LogP contribution in [0.3, 0.4) is 0 Å². The fraction of sp³-hybridized carbons (Fsp3) is 0.471. The van der Waals surface area contributed by atoms with E-state index in [9.17, 15) is 14.4 Å². The largest absolute Gasteiger partial charge is 0.481 e. The van der Waals surface area contributed by atoms with E-state index in [-0.39, 0.29) is 31.6 Å². The van der Waals surface area contributed by atoms with E-state index in [1.54, 1.807) is 28.0 Å². The molecule has 8 heteroatoms. The Morgan fingerprint density at radius 3 is 2.68 bits per heavy atom. The Kier molecular flexibility index (Phi) is 3.74. The van der Waals surface area contributed by atoms with Crippen molar-refractivity contribution >= 4 is 23.5 Å².